The lowest BCUT2D eigenvalue weighted by Gasteiger charge is -2.17. The van der Waals surface area contributed by atoms with Crippen molar-refractivity contribution in [2.24, 2.45) is 0 Å². The van der Waals surface area contributed by atoms with E-state index in [2.05, 4.69) is 35.5 Å². The number of alkyl carbamates (subject to hydrolysis) is 1. The second kappa shape index (κ2) is 8.20. The third-order valence-corrected chi connectivity index (χ3v) is 5.17. The molecule has 29 heavy (non-hydrogen) atoms. The molecule has 0 radical (unpaired) electrons. The van der Waals surface area contributed by atoms with Gasteiger partial charge in [-0.2, -0.15) is 0 Å². The Morgan fingerprint density at radius 3 is 2.31 bits per heavy atom. The van der Waals surface area contributed by atoms with Crippen LogP contribution in [0.1, 0.15) is 22.6 Å². The van der Waals surface area contributed by atoms with Gasteiger partial charge >= 0.3 is 6.09 Å². The monoisotopic (exact) mass is 385 g/mol. The summed E-state index contributed by atoms with van der Waals surface area (Å²) in [7, 11) is 0. The summed E-state index contributed by atoms with van der Waals surface area (Å²) in [5.74, 6) is 2.18. The van der Waals surface area contributed by atoms with Gasteiger partial charge in [0.05, 0.1) is 6.04 Å². The lowest BCUT2D eigenvalue weighted by Crippen LogP contribution is -2.36. The maximum atomic E-state index is 13.4. The Labute approximate surface area is 169 Å². The summed E-state index contributed by atoms with van der Waals surface area (Å²) in [6.07, 6.45) is 5.29. The molecule has 1 aliphatic rings. The van der Waals surface area contributed by atoms with Crippen molar-refractivity contribution in [2.45, 2.75) is 18.4 Å². The molecule has 0 aliphatic heterocycles. The molecule has 3 nitrogen and oxygen atoms in total. The predicted octanol–water partition coefficient (Wildman–Crippen LogP) is 4.91. The zero-order valence-corrected chi connectivity index (χ0v) is 15.8. The predicted molar refractivity (Wildman–Crippen MR) is 111 cm³/mol. The molecule has 1 amide bonds. The molecule has 3 aromatic carbocycles. The normalized spacial score (nSPS) is 13.1. The number of benzene rings is 3. The fraction of sp³-hybridized carbons (Fsp3) is 0.160. The number of hydrogen-bond donors (Lipinski definition) is 1. The van der Waals surface area contributed by atoms with Gasteiger partial charge in [-0.05, 0) is 39.9 Å². The van der Waals surface area contributed by atoms with Crippen molar-refractivity contribution in [3.05, 3.63) is 95.3 Å². The molecule has 4 rings (SSSR count). The Balaban J connectivity index is 1.41. The van der Waals surface area contributed by atoms with Crippen molar-refractivity contribution >= 4 is 6.09 Å². The number of amides is 1. The summed E-state index contributed by atoms with van der Waals surface area (Å²) < 4.78 is 18.9. The molecule has 0 aromatic heterocycles. The Bertz CT molecular complexity index is 1040. The summed E-state index contributed by atoms with van der Waals surface area (Å²) in [6.45, 7) is 0.219. The molecule has 1 unspecified atom stereocenters. The molecule has 0 fully saturated rings. The molecule has 0 saturated carbocycles. The quantitative estimate of drug-likeness (QED) is 0.634. The van der Waals surface area contributed by atoms with Crippen LogP contribution in [0.15, 0.2) is 72.8 Å². The number of fused-ring (bicyclic) bond motifs is 3. The number of ether oxygens (including phenoxy) is 1. The summed E-state index contributed by atoms with van der Waals surface area (Å²) in [4.78, 5) is 12.3. The highest BCUT2D eigenvalue weighted by atomic mass is 19.1. The van der Waals surface area contributed by atoms with Gasteiger partial charge in [-0.1, -0.05) is 66.6 Å². The maximum absolute atomic E-state index is 13.4. The minimum Gasteiger partial charge on any atom is -0.449 e. The van der Waals surface area contributed by atoms with Gasteiger partial charge in [-0.15, -0.1) is 6.42 Å². The first-order chi connectivity index (χ1) is 14.2. The van der Waals surface area contributed by atoms with Crippen molar-refractivity contribution < 1.29 is 13.9 Å². The van der Waals surface area contributed by atoms with E-state index in [0.29, 0.717) is 12.0 Å². The van der Waals surface area contributed by atoms with Gasteiger partial charge in [0, 0.05) is 12.3 Å². The second-order valence-corrected chi connectivity index (χ2v) is 7.02. The zero-order valence-electron chi connectivity index (χ0n) is 15.8. The van der Waals surface area contributed by atoms with Crippen LogP contribution < -0.4 is 5.32 Å². The standard InChI is InChI=1S/C25H20FNO2/c1-2-19(15-17-8-7-9-18(26)14-17)27-25(28)29-16-24-22-12-5-3-10-20(22)21-11-4-6-13-23(21)24/h1,3-14,19,24H,15-16H2,(H,27,28). The van der Waals surface area contributed by atoms with Gasteiger partial charge < -0.3 is 10.1 Å². The van der Waals surface area contributed by atoms with Gasteiger partial charge in [0.15, 0.2) is 0 Å². The number of halogens is 1. The Morgan fingerprint density at radius 2 is 1.69 bits per heavy atom. The van der Waals surface area contributed by atoms with Gasteiger partial charge in [-0.25, -0.2) is 9.18 Å². The van der Waals surface area contributed by atoms with Crippen molar-refractivity contribution in [3.63, 3.8) is 0 Å². The van der Waals surface area contributed by atoms with E-state index < -0.39 is 12.1 Å². The van der Waals surface area contributed by atoms with Gasteiger partial charge in [0.2, 0.25) is 0 Å². The minimum absolute atomic E-state index is 0.0133. The topological polar surface area (TPSA) is 38.3 Å². The molecule has 1 aliphatic carbocycles. The highest BCUT2D eigenvalue weighted by Gasteiger charge is 2.29. The molecular formula is C25H20FNO2. The average molecular weight is 385 g/mol. The number of hydrogen-bond acceptors (Lipinski definition) is 2. The Hall–Kier alpha value is -3.58. The lowest BCUT2D eigenvalue weighted by molar-refractivity contribution is 0.141. The van der Waals surface area contributed by atoms with Gasteiger partial charge in [0.25, 0.3) is 0 Å². The van der Waals surface area contributed by atoms with E-state index in [4.69, 9.17) is 11.2 Å². The second-order valence-electron chi connectivity index (χ2n) is 7.02. The van der Waals surface area contributed by atoms with Crippen LogP contribution >= 0.6 is 0 Å². The zero-order chi connectivity index (χ0) is 20.2. The number of rotatable bonds is 5. The van der Waals surface area contributed by atoms with Crippen LogP contribution in [-0.4, -0.2) is 18.7 Å². The molecule has 144 valence electrons. The number of nitrogens with one attached hydrogen (secondary N) is 1. The summed E-state index contributed by atoms with van der Waals surface area (Å²) >= 11 is 0. The molecule has 0 spiro atoms. The first kappa shape index (κ1) is 18.8. The van der Waals surface area contributed by atoms with E-state index in [-0.39, 0.29) is 18.3 Å². The first-order valence-corrected chi connectivity index (χ1v) is 9.48. The average Bonchev–Trinajstić information content (AvgIpc) is 3.06. The molecular weight excluding hydrogens is 365 g/mol. The molecule has 4 heteroatoms. The molecule has 3 aromatic rings. The van der Waals surface area contributed by atoms with E-state index in [1.54, 1.807) is 12.1 Å². The van der Waals surface area contributed by atoms with E-state index >= 15 is 0 Å². The fourth-order valence-corrected chi connectivity index (χ4v) is 3.83. The Morgan fingerprint density at radius 1 is 1.03 bits per heavy atom. The molecule has 0 saturated heterocycles. The summed E-state index contributed by atoms with van der Waals surface area (Å²) in [5.41, 5.74) is 5.35. The van der Waals surface area contributed by atoms with E-state index in [1.807, 2.05) is 24.3 Å². The molecule has 0 bridgehead atoms. The number of carbonyl (C=O) groups excluding carboxylic acids is 1. The van der Waals surface area contributed by atoms with Crippen LogP contribution in [-0.2, 0) is 11.2 Å². The molecule has 1 atom stereocenters. The third-order valence-electron chi connectivity index (χ3n) is 5.17. The van der Waals surface area contributed by atoms with Crippen LogP contribution in [0.3, 0.4) is 0 Å². The van der Waals surface area contributed by atoms with Crippen molar-refractivity contribution in [1.82, 2.24) is 5.32 Å². The van der Waals surface area contributed by atoms with Crippen molar-refractivity contribution in [1.29, 1.82) is 0 Å². The van der Waals surface area contributed by atoms with Gasteiger partial charge in [-0.3, -0.25) is 0 Å². The number of terminal acetylenes is 1. The van der Waals surface area contributed by atoms with E-state index in [0.717, 1.165) is 11.1 Å². The maximum Gasteiger partial charge on any atom is 0.408 e. The fourth-order valence-electron chi connectivity index (χ4n) is 3.83. The third kappa shape index (κ3) is 4.00. The van der Waals surface area contributed by atoms with Gasteiger partial charge in [0.1, 0.15) is 12.4 Å². The Kier molecular flexibility index (Phi) is 5.31. The van der Waals surface area contributed by atoms with E-state index in [1.165, 1.54) is 23.3 Å². The van der Waals surface area contributed by atoms with Crippen LogP contribution in [0.4, 0.5) is 9.18 Å². The largest absolute Gasteiger partial charge is 0.449 e. The van der Waals surface area contributed by atoms with Crippen molar-refractivity contribution in [2.75, 3.05) is 6.61 Å². The lowest BCUT2D eigenvalue weighted by atomic mass is 9.98. The minimum atomic E-state index is -0.578. The van der Waals surface area contributed by atoms with Crippen LogP contribution in [0, 0.1) is 18.2 Å². The number of carbonyl (C=O) groups is 1. The highest BCUT2D eigenvalue weighted by molar-refractivity contribution is 5.79. The molecule has 0 heterocycles. The van der Waals surface area contributed by atoms with E-state index in [9.17, 15) is 9.18 Å². The SMILES string of the molecule is C#CC(Cc1cccc(F)c1)NC(=O)OCC1c2ccccc2-c2ccccc21. The highest BCUT2D eigenvalue weighted by Crippen LogP contribution is 2.44. The summed E-state index contributed by atoms with van der Waals surface area (Å²) in [5, 5.41) is 2.69. The first-order valence-electron chi connectivity index (χ1n) is 9.48. The molecule has 1 N–H and O–H groups in total. The van der Waals surface area contributed by atoms with Crippen LogP contribution in [0.5, 0.6) is 0 Å². The summed E-state index contributed by atoms with van der Waals surface area (Å²) in [6, 6.07) is 21.9. The smallest absolute Gasteiger partial charge is 0.408 e. The van der Waals surface area contributed by atoms with Crippen molar-refractivity contribution in [3.8, 4) is 23.5 Å². The van der Waals surface area contributed by atoms with Crippen LogP contribution in [0.25, 0.3) is 11.1 Å². The van der Waals surface area contributed by atoms with Crippen LogP contribution in [0.2, 0.25) is 0 Å².